The van der Waals surface area contributed by atoms with Crippen molar-refractivity contribution in [2.24, 2.45) is 5.73 Å². The third kappa shape index (κ3) is 4.88. The number of nitrogens with zero attached hydrogens (tertiary/aromatic N) is 2. The van der Waals surface area contributed by atoms with E-state index in [0.717, 1.165) is 16.5 Å². The molecule has 0 unspecified atom stereocenters. The summed E-state index contributed by atoms with van der Waals surface area (Å²) in [7, 11) is 0. The van der Waals surface area contributed by atoms with E-state index < -0.39 is 11.5 Å². The smallest absolute Gasteiger partial charge is 0.259 e. The van der Waals surface area contributed by atoms with Gasteiger partial charge in [-0.25, -0.2) is 13.8 Å². The van der Waals surface area contributed by atoms with Crippen molar-refractivity contribution in [3.05, 3.63) is 65.7 Å². The number of pyridine rings is 1. The maximum absolute atomic E-state index is 14.0. The predicted molar refractivity (Wildman–Crippen MR) is 124 cm³/mol. The van der Waals surface area contributed by atoms with E-state index >= 15 is 0 Å². The average Bonchev–Trinajstić information content (AvgIpc) is 2.92. The number of nitrogens with one attached hydrogen (secondary N) is 1. The number of benzene rings is 2. The van der Waals surface area contributed by atoms with Gasteiger partial charge in [0, 0.05) is 42.5 Å². The van der Waals surface area contributed by atoms with Gasteiger partial charge in [0.2, 0.25) is 5.92 Å². The van der Waals surface area contributed by atoms with Crippen LogP contribution in [0.25, 0.3) is 10.9 Å². The Morgan fingerprint density at radius 2 is 1.88 bits per heavy atom. The number of carbonyl (C=O) groups is 1. The number of carbonyl (C=O) groups excluding carboxylic acids is 1. The zero-order valence-corrected chi connectivity index (χ0v) is 18.4. The first-order valence-electron chi connectivity index (χ1n) is 10.9. The first kappa shape index (κ1) is 22.1. The molecule has 7 heteroatoms. The Balaban J connectivity index is 1.71. The minimum Gasteiger partial charge on any atom is -0.356 e. The quantitative estimate of drug-likeness (QED) is 0.579. The van der Waals surface area contributed by atoms with E-state index in [0.29, 0.717) is 30.0 Å². The molecule has 3 aromatic rings. The molecular formula is C25H28F2N4O. The van der Waals surface area contributed by atoms with Gasteiger partial charge in [0.05, 0.1) is 11.1 Å². The Bertz CT molecular complexity index is 1140. The number of hydrogen-bond acceptors (Lipinski definition) is 4. The van der Waals surface area contributed by atoms with Crippen LogP contribution in [0.5, 0.6) is 0 Å². The lowest BCUT2D eigenvalue weighted by atomic mass is 9.95. The Kier molecular flexibility index (Phi) is 5.86. The van der Waals surface area contributed by atoms with Crippen molar-refractivity contribution in [1.82, 2.24) is 4.98 Å². The highest BCUT2D eigenvalue weighted by atomic mass is 19.3. The van der Waals surface area contributed by atoms with Crippen molar-refractivity contribution in [2.75, 3.05) is 23.3 Å². The summed E-state index contributed by atoms with van der Waals surface area (Å²) >= 11 is 0. The van der Waals surface area contributed by atoms with Crippen LogP contribution in [0, 0.1) is 0 Å². The Labute approximate surface area is 186 Å². The molecule has 2 aromatic carbocycles. The summed E-state index contributed by atoms with van der Waals surface area (Å²) in [5.74, 6) is -2.58. The van der Waals surface area contributed by atoms with Crippen LogP contribution in [-0.2, 0) is 5.54 Å². The second-order valence-corrected chi connectivity index (χ2v) is 9.01. The molecule has 168 valence electrons. The second kappa shape index (κ2) is 8.47. The Hall–Kier alpha value is -3.06. The van der Waals surface area contributed by atoms with Crippen LogP contribution in [0.4, 0.5) is 20.3 Å². The van der Waals surface area contributed by atoms with E-state index in [1.165, 1.54) is 0 Å². The normalized spacial score (nSPS) is 16.6. The molecule has 1 aromatic heterocycles. The zero-order valence-electron chi connectivity index (χ0n) is 18.4. The zero-order chi connectivity index (χ0) is 22.9. The van der Waals surface area contributed by atoms with Gasteiger partial charge in [-0.2, -0.15) is 0 Å². The van der Waals surface area contributed by atoms with Gasteiger partial charge >= 0.3 is 0 Å². The lowest BCUT2D eigenvalue weighted by molar-refractivity contribution is -0.0102. The number of hydrogen-bond donors (Lipinski definition) is 2. The third-order valence-corrected chi connectivity index (χ3v) is 5.83. The van der Waals surface area contributed by atoms with Crippen LogP contribution in [-0.4, -0.2) is 29.9 Å². The fraction of sp³-hybridized carbons (Fsp3) is 0.360. The molecule has 1 aliphatic heterocycles. The molecule has 32 heavy (non-hydrogen) atoms. The van der Waals surface area contributed by atoms with E-state index in [2.05, 4.69) is 5.32 Å². The molecule has 1 saturated heterocycles. The van der Waals surface area contributed by atoms with Gasteiger partial charge in [0.1, 0.15) is 5.82 Å². The number of para-hydroxylation sites is 1. The largest absolute Gasteiger partial charge is 0.356 e. The van der Waals surface area contributed by atoms with Gasteiger partial charge in [-0.3, -0.25) is 4.79 Å². The number of rotatable bonds is 4. The number of nitrogens with two attached hydrogens (primary N) is 1. The minimum absolute atomic E-state index is 0.148. The minimum atomic E-state index is -2.69. The molecule has 4 rings (SSSR count). The lowest BCUT2D eigenvalue weighted by Crippen LogP contribution is -2.30. The van der Waals surface area contributed by atoms with Crippen molar-refractivity contribution in [3.8, 4) is 0 Å². The summed E-state index contributed by atoms with van der Waals surface area (Å²) in [4.78, 5) is 19.9. The summed E-state index contributed by atoms with van der Waals surface area (Å²) in [6, 6.07) is 16.7. The number of alkyl halides is 2. The molecule has 3 N–H and O–H groups in total. The van der Waals surface area contributed by atoms with Crippen LogP contribution < -0.4 is 16.0 Å². The van der Waals surface area contributed by atoms with E-state index in [1.807, 2.05) is 61.2 Å². The molecule has 0 bridgehead atoms. The molecule has 2 heterocycles. The highest BCUT2D eigenvalue weighted by Crippen LogP contribution is 2.32. The first-order chi connectivity index (χ1) is 15.1. The van der Waals surface area contributed by atoms with Crippen molar-refractivity contribution in [1.29, 1.82) is 0 Å². The van der Waals surface area contributed by atoms with Crippen LogP contribution in [0.3, 0.4) is 0 Å². The number of amides is 1. The van der Waals surface area contributed by atoms with Gasteiger partial charge in [0.25, 0.3) is 5.91 Å². The SMILES string of the molecule is CC(C)(N)c1cccc(NC(=O)c2cc3ccccc3nc2N2CCCC(F)(F)CC2)c1. The van der Waals surface area contributed by atoms with E-state index in [-0.39, 0.29) is 25.3 Å². The number of fused-ring (bicyclic) bond motifs is 1. The fourth-order valence-electron chi connectivity index (χ4n) is 3.99. The maximum Gasteiger partial charge on any atom is 0.259 e. The molecule has 0 radical (unpaired) electrons. The standard InChI is InChI=1S/C25H28F2N4O/c1-24(2,28)18-8-5-9-19(16-18)29-23(32)20-15-17-7-3-4-10-21(17)30-22(20)31-13-6-11-25(26,27)12-14-31/h3-5,7-10,15-16H,6,11-14,28H2,1-2H3,(H,29,32). The lowest BCUT2D eigenvalue weighted by Gasteiger charge is -2.25. The molecule has 0 aliphatic carbocycles. The van der Waals surface area contributed by atoms with Gasteiger partial charge in [-0.05, 0) is 50.1 Å². The number of aromatic nitrogens is 1. The molecule has 1 aliphatic rings. The molecule has 5 nitrogen and oxygen atoms in total. The first-order valence-corrected chi connectivity index (χ1v) is 10.9. The van der Waals surface area contributed by atoms with Gasteiger partial charge in [-0.15, -0.1) is 0 Å². The summed E-state index contributed by atoms with van der Waals surface area (Å²) in [5, 5.41) is 3.76. The summed E-state index contributed by atoms with van der Waals surface area (Å²) in [5.41, 5.74) is 8.25. The fourth-order valence-corrected chi connectivity index (χ4v) is 3.99. The summed E-state index contributed by atoms with van der Waals surface area (Å²) < 4.78 is 27.9. The van der Waals surface area contributed by atoms with Crippen LogP contribution >= 0.6 is 0 Å². The van der Waals surface area contributed by atoms with E-state index in [4.69, 9.17) is 10.7 Å². The maximum atomic E-state index is 14.0. The highest BCUT2D eigenvalue weighted by molar-refractivity contribution is 6.09. The number of anilines is 2. The topological polar surface area (TPSA) is 71.2 Å². The van der Waals surface area contributed by atoms with Crippen LogP contribution in [0.1, 0.15) is 49.0 Å². The Morgan fingerprint density at radius 3 is 2.66 bits per heavy atom. The molecular weight excluding hydrogens is 410 g/mol. The van der Waals surface area contributed by atoms with Gasteiger partial charge < -0.3 is 16.0 Å². The average molecular weight is 439 g/mol. The molecule has 1 amide bonds. The number of halogens is 2. The monoisotopic (exact) mass is 438 g/mol. The highest BCUT2D eigenvalue weighted by Gasteiger charge is 2.33. The Morgan fingerprint density at radius 1 is 1.09 bits per heavy atom. The van der Waals surface area contributed by atoms with Crippen LogP contribution in [0.2, 0.25) is 0 Å². The molecule has 1 fully saturated rings. The summed E-state index contributed by atoms with van der Waals surface area (Å²) in [6.45, 7) is 4.37. The third-order valence-electron chi connectivity index (χ3n) is 5.83. The van der Waals surface area contributed by atoms with E-state index in [1.54, 1.807) is 12.1 Å². The second-order valence-electron chi connectivity index (χ2n) is 9.01. The molecule has 0 atom stereocenters. The van der Waals surface area contributed by atoms with E-state index in [9.17, 15) is 13.6 Å². The summed E-state index contributed by atoms with van der Waals surface area (Å²) in [6.07, 6.45) is -0.0628. The van der Waals surface area contributed by atoms with Gasteiger partial charge in [-0.1, -0.05) is 30.3 Å². The van der Waals surface area contributed by atoms with Crippen molar-refractivity contribution in [2.45, 2.75) is 44.6 Å². The van der Waals surface area contributed by atoms with Crippen molar-refractivity contribution < 1.29 is 13.6 Å². The molecule has 0 spiro atoms. The van der Waals surface area contributed by atoms with Crippen molar-refractivity contribution >= 4 is 28.3 Å². The van der Waals surface area contributed by atoms with Gasteiger partial charge in [0.15, 0.2) is 0 Å². The molecule has 0 saturated carbocycles. The predicted octanol–water partition coefficient (Wildman–Crippen LogP) is 5.31. The van der Waals surface area contributed by atoms with Crippen LogP contribution in [0.15, 0.2) is 54.6 Å². The van der Waals surface area contributed by atoms with Crippen molar-refractivity contribution in [3.63, 3.8) is 0 Å².